The molecule has 6 heteroatoms. The molecule has 0 radical (unpaired) electrons. The molecule has 1 aromatic heterocycles. The molecule has 1 heterocycles. The van der Waals surface area contributed by atoms with Gasteiger partial charge in [-0.25, -0.2) is 4.79 Å². The van der Waals surface area contributed by atoms with Crippen LogP contribution in [0.4, 0.5) is 10.5 Å². The number of nitrogens with zero attached hydrogens (tertiary/aromatic N) is 2. The quantitative estimate of drug-likeness (QED) is 0.743. The summed E-state index contributed by atoms with van der Waals surface area (Å²) >= 11 is 0. The van der Waals surface area contributed by atoms with Crippen LogP contribution >= 0.6 is 0 Å². The molecule has 0 aliphatic carbocycles. The maximum atomic E-state index is 11.6. The van der Waals surface area contributed by atoms with Crippen molar-refractivity contribution >= 4 is 11.7 Å². The molecule has 0 unspecified atom stereocenters. The van der Waals surface area contributed by atoms with E-state index < -0.39 is 5.54 Å². The van der Waals surface area contributed by atoms with Crippen molar-refractivity contribution in [2.75, 3.05) is 11.9 Å². The molecule has 0 saturated heterocycles. The van der Waals surface area contributed by atoms with E-state index in [1.165, 1.54) is 0 Å². The van der Waals surface area contributed by atoms with Gasteiger partial charge in [0.25, 0.3) is 0 Å². The number of urea groups is 1. The van der Waals surface area contributed by atoms with E-state index >= 15 is 0 Å². The largest absolute Gasteiger partial charge is 0.394 e. The highest BCUT2D eigenvalue weighted by molar-refractivity contribution is 5.89. The molecule has 0 saturated carbocycles. The van der Waals surface area contributed by atoms with Gasteiger partial charge in [0.15, 0.2) is 0 Å². The molecule has 3 N–H and O–H groups in total. The predicted octanol–water partition coefficient (Wildman–Crippen LogP) is 1.36. The van der Waals surface area contributed by atoms with Gasteiger partial charge in [0, 0.05) is 12.2 Å². The number of anilines is 1. The lowest BCUT2D eigenvalue weighted by Crippen LogP contribution is -2.48. The zero-order valence-corrected chi connectivity index (χ0v) is 10.7. The van der Waals surface area contributed by atoms with Crippen LogP contribution in [0, 0.1) is 0 Å². The topological polar surface area (TPSA) is 79.2 Å². The van der Waals surface area contributed by atoms with Gasteiger partial charge in [-0.05, 0) is 27.7 Å². The van der Waals surface area contributed by atoms with E-state index in [-0.39, 0.29) is 18.7 Å². The Kier molecular flexibility index (Phi) is 4.11. The highest BCUT2D eigenvalue weighted by Gasteiger charge is 2.19. The lowest BCUT2D eigenvalue weighted by molar-refractivity contribution is 0.187. The highest BCUT2D eigenvalue weighted by Crippen LogP contribution is 2.10. The van der Waals surface area contributed by atoms with Gasteiger partial charge in [-0.3, -0.25) is 4.68 Å². The van der Waals surface area contributed by atoms with E-state index in [0.717, 1.165) is 0 Å². The summed E-state index contributed by atoms with van der Waals surface area (Å²) in [6.07, 6.45) is 3.35. The second-order valence-corrected chi connectivity index (χ2v) is 4.92. The average Bonchev–Trinajstić information content (AvgIpc) is 2.65. The molecule has 17 heavy (non-hydrogen) atoms. The van der Waals surface area contributed by atoms with Crippen molar-refractivity contribution in [3.63, 3.8) is 0 Å². The number of hydrogen-bond acceptors (Lipinski definition) is 3. The molecule has 96 valence electrons. The molecule has 0 fully saturated rings. The number of nitrogens with one attached hydrogen (secondary N) is 2. The number of rotatable bonds is 4. The van der Waals surface area contributed by atoms with Gasteiger partial charge in [0.1, 0.15) is 0 Å². The molecular formula is C11H20N4O2. The summed E-state index contributed by atoms with van der Waals surface area (Å²) in [4.78, 5) is 11.6. The van der Waals surface area contributed by atoms with E-state index in [2.05, 4.69) is 15.7 Å². The fourth-order valence-electron chi connectivity index (χ4n) is 1.19. The van der Waals surface area contributed by atoms with E-state index in [9.17, 15) is 4.79 Å². The molecule has 0 bridgehead atoms. The second-order valence-electron chi connectivity index (χ2n) is 4.92. The monoisotopic (exact) mass is 240 g/mol. The fraction of sp³-hybridized carbons (Fsp3) is 0.636. The first-order valence-corrected chi connectivity index (χ1v) is 5.58. The lowest BCUT2D eigenvalue weighted by Gasteiger charge is -2.23. The van der Waals surface area contributed by atoms with Gasteiger partial charge in [0.2, 0.25) is 0 Å². The summed E-state index contributed by atoms with van der Waals surface area (Å²) in [5.74, 6) is 0. The van der Waals surface area contributed by atoms with Crippen LogP contribution in [0.15, 0.2) is 12.4 Å². The zero-order chi connectivity index (χ0) is 13.1. The number of hydrogen-bond donors (Lipinski definition) is 3. The first-order valence-electron chi connectivity index (χ1n) is 5.58. The summed E-state index contributed by atoms with van der Waals surface area (Å²) in [5.41, 5.74) is -0.0112. The third-order valence-corrected chi connectivity index (χ3v) is 2.24. The van der Waals surface area contributed by atoms with Gasteiger partial charge >= 0.3 is 6.03 Å². The van der Waals surface area contributed by atoms with Crippen molar-refractivity contribution in [3.05, 3.63) is 12.4 Å². The Morgan fingerprint density at radius 2 is 2.24 bits per heavy atom. The Morgan fingerprint density at radius 3 is 2.71 bits per heavy atom. The Balaban J connectivity index is 2.56. The van der Waals surface area contributed by atoms with E-state index in [4.69, 9.17) is 5.11 Å². The molecule has 1 aromatic rings. The molecule has 0 aromatic carbocycles. The van der Waals surface area contributed by atoms with Gasteiger partial charge in [0.05, 0.1) is 24.0 Å². The second kappa shape index (κ2) is 5.18. The molecule has 6 nitrogen and oxygen atoms in total. The van der Waals surface area contributed by atoms with Crippen LogP contribution in [-0.2, 0) is 0 Å². The molecule has 0 aliphatic rings. The van der Waals surface area contributed by atoms with Gasteiger partial charge in [-0.1, -0.05) is 0 Å². The average molecular weight is 240 g/mol. The SMILES string of the molecule is CC(C)n1cc(NC(=O)NC(C)(C)CO)cn1. The Bertz CT molecular complexity index is 385. The summed E-state index contributed by atoms with van der Waals surface area (Å²) in [6, 6.07) is -0.102. The summed E-state index contributed by atoms with van der Waals surface area (Å²) < 4.78 is 1.76. The van der Waals surface area contributed by atoms with Crippen molar-refractivity contribution in [1.29, 1.82) is 0 Å². The summed E-state index contributed by atoms with van der Waals surface area (Å²) in [7, 11) is 0. The third kappa shape index (κ3) is 4.07. The van der Waals surface area contributed by atoms with Crippen molar-refractivity contribution in [2.45, 2.75) is 39.3 Å². The summed E-state index contributed by atoms with van der Waals surface area (Å²) in [6.45, 7) is 7.37. The molecule has 0 aliphatic heterocycles. The lowest BCUT2D eigenvalue weighted by atomic mass is 10.1. The summed E-state index contributed by atoms with van der Waals surface area (Å²) in [5, 5.41) is 18.5. The number of amides is 2. The number of carbonyl (C=O) groups excluding carboxylic acids is 1. The first kappa shape index (κ1) is 13.5. The Labute approximate surface area is 101 Å². The molecule has 1 rings (SSSR count). The minimum atomic E-state index is -0.641. The van der Waals surface area contributed by atoms with Crippen LogP contribution in [0.3, 0.4) is 0 Å². The van der Waals surface area contributed by atoms with Crippen molar-refractivity contribution < 1.29 is 9.90 Å². The van der Waals surface area contributed by atoms with Crippen molar-refractivity contribution in [3.8, 4) is 0 Å². The van der Waals surface area contributed by atoms with Crippen LogP contribution in [0.1, 0.15) is 33.7 Å². The molecule has 0 atom stereocenters. The van der Waals surface area contributed by atoms with E-state index in [1.807, 2.05) is 13.8 Å². The van der Waals surface area contributed by atoms with Crippen LogP contribution in [0.25, 0.3) is 0 Å². The Morgan fingerprint density at radius 1 is 1.59 bits per heavy atom. The number of aliphatic hydroxyl groups excluding tert-OH is 1. The number of carbonyl (C=O) groups is 1. The standard InChI is InChI=1S/C11H20N4O2/c1-8(2)15-6-9(5-12-15)13-10(17)14-11(3,4)7-16/h5-6,8,16H,7H2,1-4H3,(H2,13,14,17). The number of aromatic nitrogens is 2. The smallest absolute Gasteiger partial charge is 0.319 e. The molecular weight excluding hydrogens is 220 g/mol. The highest BCUT2D eigenvalue weighted by atomic mass is 16.3. The maximum absolute atomic E-state index is 11.6. The molecule has 2 amide bonds. The minimum absolute atomic E-state index is 0.119. The van der Waals surface area contributed by atoms with Gasteiger partial charge in [-0.15, -0.1) is 0 Å². The third-order valence-electron chi connectivity index (χ3n) is 2.24. The molecule has 0 spiro atoms. The minimum Gasteiger partial charge on any atom is -0.394 e. The van der Waals surface area contributed by atoms with Crippen LogP contribution in [0.5, 0.6) is 0 Å². The van der Waals surface area contributed by atoms with Crippen LogP contribution < -0.4 is 10.6 Å². The predicted molar refractivity (Wildman–Crippen MR) is 65.9 cm³/mol. The normalized spacial score (nSPS) is 11.6. The van der Waals surface area contributed by atoms with E-state index in [1.54, 1.807) is 30.9 Å². The van der Waals surface area contributed by atoms with Gasteiger partial charge < -0.3 is 15.7 Å². The number of aliphatic hydroxyl groups is 1. The first-order chi connectivity index (χ1) is 7.84. The van der Waals surface area contributed by atoms with E-state index in [0.29, 0.717) is 5.69 Å². The van der Waals surface area contributed by atoms with Crippen molar-refractivity contribution in [2.24, 2.45) is 0 Å². The zero-order valence-electron chi connectivity index (χ0n) is 10.7. The fourth-order valence-corrected chi connectivity index (χ4v) is 1.19. The van der Waals surface area contributed by atoms with Crippen molar-refractivity contribution in [1.82, 2.24) is 15.1 Å². The van der Waals surface area contributed by atoms with Crippen LogP contribution in [-0.4, -0.2) is 33.1 Å². The van der Waals surface area contributed by atoms with Crippen LogP contribution in [0.2, 0.25) is 0 Å². The Hall–Kier alpha value is -1.56. The maximum Gasteiger partial charge on any atom is 0.319 e. The van der Waals surface area contributed by atoms with Gasteiger partial charge in [-0.2, -0.15) is 5.10 Å².